The van der Waals surface area contributed by atoms with Gasteiger partial charge in [-0.1, -0.05) is 0 Å². The Labute approximate surface area is 134 Å². The lowest BCUT2D eigenvalue weighted by Gasteiger charge is -2.15. The molecule has 5 rings (SSSR count). The van der Waals surface area contributed by atoms with Gasteiger partial charge in [0, 0.05) is 29.2 Å². The Hall–Kier alpha value is -2.29. The molecule has 0 atom stereocenters. The van der Waals surface area contributed by atoms with Crippen LogP contribution in [0.3, 0.4) is 0 Å². The second-order valence-corrected chi connectivity index (χ2v) is 6.86. The third-order valence-corrected chi connectivity index (χ3v) is 5.36. The van der Waals surface area contributed by atoms with Gasteiger partial charge in [0.1, 0.15) is 17.2 Å². The number of rotatable bonds is 1. The molecule has 1 aromatic heterocycles. The Morgan fingerprint density at radius 3 is 2.61 bits per heavy atom. The molecule has 23 heavy (non-hydrogen) atoms. The molecule has 1 saturated carbocycles. The summed E-state index contributed by atoms with van der Waals surface area (Å²) in [4.78, 5) is 0. The van der Waals surface area contributed by atoms with Crippen molar-refractivity contribution in [3.05, 3.63) is 53.8 Å². The lowest BCUT2D eigenvalue weighted by molar-refractivity contribution is 0.611. The van der Waals surface area contributed by atoms with E-state index in [1.807, 2.05) is 0 Å². The smallest absolute Gasteiger partial charge is 0.136 e. The molecule has 0 saturated heterocycles. The second kappa shape index (κ2) is 4.60. The number of anilines is 1. The summed E-state index contributed by atoms with van der Waals surface area (Å²) in [6.45, 7) is 1.03. The fourth-order valence-corrected chi connectivity index (χ4v) is 3.88. The maximum atomic E-state index is 13.1. The molecule has 2 heterocycles. The van der Waals surface area contributed by atoms with Crippen molar-refractivity contribution in [1.82, 2.24) is 0 Å². The van der Waals surface area contributed by atoms with Crippen molar-refractivity contribution >= 4 is 16.7 Å². The average molecular weight is 307 g/mol. The van der Waals surface area contributed by atoms with E-state index < -0.39 is 0 Å². The Bertz CT molecular complexity index is 890. The summed E-state index contributed by atoms with van der Waals surface area (Å²) in [5.41, 5.74) is 4.89. The first-order valence-electron chi connectivity index (χ1n) is 8.31. The summed E-state index contributed by atoms with van der Waals surface area (Å²) >= 11 is 0. The van der Waals surface area contributed by atoms with Crippen LogP contribution in [0.2, 0.25) is 0 Å². The zero-order valence-electron chi connectivity index (χ0n) is 12.9. The van der Waals surface area contributed by atoms with Gasteiger partial charge in [0.25, 0.3) is 0 Å². The molecule has 1 spiro atoms. The van der Waals surface area contributed by atoms with Crippen molar-refractivity contribution < 1.29 is 8.81 Å². The molecule has 2 aromatic carbocycles. The van der Waals surface area contributed by atoms with E-state index in [9.17, 15) is 4.39 Å². The summed E-state index contributed by atoms with van der Waals surface area (Å²) in [7, 11) is 0. The van der Waals surface area contributed by atoms with Crippen LogP contribution in [0.1, 0.15) is 31.2 Å². The zero-order valence-corrected chi connectivity index (χ0v) is 12.9. The first-order valence-corrected chi connectivity index (χ1v) is 8.31. The predicted molar refractivity (Wildman–Crippen MR) is 90.2 cm³/mol. The van der Waals surface area contributed by atoms with Crippen molar-refractivity contribution in [2.45, 2.75) is 31.1 Å². The molecule has 0 unspecified atom stereocenters. The summed E-state index contributed by atoms with van der Waals surface area (Å²) < 4.78 is 19.1. The molecular formula is C20H18FNO. The van der Waals surface area contributed by atoms with Gasteiger partial charge >= 0.3 is 0 Å². The monoisotopic (exact) mass is 307 g/mol. The molecule has 0 radical (unpaired) electrons. The van der Waals surface area contributed by atoms with Crippen LogP contribution in [0, 0.1) is 5.82 Å². The maximum Gasteiger partial charge on any atom is 0.136 e. The zero-order chi connectivity index (χ0) is 15.4. The topological polar surface area (TPSA) is 25.2 Å². The standard InChI is InChI=1S/C20H18FNO/c21-15-4-2-13(3-5-15)18-11-14-10-16-17(12-19(14)23-18)22-9-1-6-20(16)7-8-20/h2-5,10-12,22H,1,6-9H2. The number of hydrogen-bond acceptors (Lipinski definition) is 2. The van der Waals surface area contributed by atoms with E-state index in [0.29, 0.717) is 5.41 Å². The fraction of sp³-hybridized carbons (Fsp3) is 0.300. The molecule has 1 aliphatic heterocycles. The number of benzene rings is 2. The number of hydrogen-bond donors (Lipinski definition) is 1. The van der Waals surface area contributed by atoms with Gasteiger partial charge in [-0.05, 0) is 73.1 Å². The SMILES string of the molecule is Fc1ccc(-c2cc3cc4c(cc3o2)NCCCC42CC2)cc1. The van der Waals surface area contributed by atoms with E-state index in [4.69, 9.17) is 4.42 Å². The third-order valence-electron chi connectivity index (χ3n) is 5.36. The van der Waals surface area contributed by atoms with E-state index in [0.717, 1.165) is 28.8 Å². The van der Waals surface area contributed by atoms with E-state index in [2.05, 4.69) is 23.5 Å². The fourth-order valence-electron chi connectivity index (χ4n) is 3.88. The third kappa shape index (κ3) is 2.07. The minimum atomic E-state index is -0.226. The average Bonchev–Trinajstić information content (AvgIpc) is 3.27. The molecule has 0 bridgehead atoms. The van der Waals surface area contributed by atoms with Crippen molar-refractivity contribution in [2.75, 3.05) is 11.9 Å². The van der Waals surface area contributed by atoms with E-state index in [1.165, 1.54) is 49.1 Å². The van der Waals surface area contributed by atoms with Gasteiger partial charge in [0.05, 0.1) is 0 Å². The molecule has 1 aliphatic carbocycles. The molecule has 3 aromatic rings. The highest BCUT2D eigenvalue weighted by Crippen LogP contribution is 2.55. The van der Waals surface area contributed by atoms with Gasteiger partial charge in [0.2, 0.25) is 0 Å². The van der Waals surface area contributed by atoms with Crippen LogP contribution in [-0.4, -0.2) is 6.54 Å². The highest BCUT2D eigenvalue weighted by atomic mass is 19.1. The minimum Gasteiger partial charge on any atom is -0.456 e. The van der Waals surface area contributed by atoms with E-state index in [1.54, 1.807) is 12.1 Å². The Morgan fingerprint density at radius 2 is 1.83 bits per heavy atom. The molecule has 2 aliphatic rings. The van der Waals surface area contributed by atoms with Crippen LogP contribution >= 0.6 is 0 Å². The Balaban J connectivity index is 1.65. The van der Waals surface area contributed by atoms with Gasteiger partial charge in [-0.15, -0.1) is 0 Å². The van der Waals surface area contributed by atoms with Crippen LogP contribution in [0.4, 0.5) is 10.1 Å². The summed E-state index contributed by atoms with van der Waals surface area (Å²) in [6, 6.07) is 13.0. The maximum absolute atomic E-state index is 13.1. The van der Waals surface area contributed by atoms with Gasteiger partial charge in [-0.2, -0.15) is 0 Å². The second-order valence-electron chi connectivity index (χ2n) is 6.86. The molecule has 1 fully saturated rings. The van der Waals surface area contributed by atoms with Crippen molar-refractivity contribution in [1.29, 1.82) is 0 Å². The van der Waals surface area contributed by atoms with E-state index in [-0.39, 0.29) is 5.82 Å². The van der Waals surface area contributed by atoms with Crippen LogP contribution in [0.15, 0.2) is 46.9 Å². The van der Waals surface area contributed by atoms with Crippen LogP contribution in [0.5, 0.6) is 0 Å². The first-order chi connectivity index (χ1) is 11.2. The van der Waals surface area contributed by atoms with Crippen molar-refractivity contribution in [2.24, 2.45) is 0 Å². The van der Waals surface area contributed by atoms with Gasteiger partial charge < -0.3 is 9.73 Å². The number of halogens is 1. The molecule has 2 nitrogen and oxygen atoms in total. The number of furan rings is 1. The lowest BCUT2D eigenvalue weighted by atomic mass is 9.90. The van der Waals surface area contributed by atoms with Crippen molar-refractivity contribution in [3.8, 4) is 11.3 Å². The normalized spacial score (nSPS) is 18.5. The van der Waals surface area contributed by atoms with Gasteiger partial charge in [-0.3, -0.25) is 0 Å². The summed E-state index contributed by atoms with van der Waals surface area (Å²) in [6.07, 6.45) is 5.11. The Kier molecular flexibility index (Phi) is 2.64. The van der Waals surface area contributed by atoms with Crippen molar-refractivity contribution in [3.63, 3.8) is 0 Å². The molecule has 3 heteroatoms. The Morgan fingerprint density at radius 1 is 1.00 bits per heavy atom. The predicted octanol–water partition coefficient (Wildman–Crippen LogP) is 5.48. The van der Waals surface area contributed by atoms with Gasteiger partial charge in [-0.25, -0.2) is 4.39 Å². The van der Waals surface area contributed by atoms with Crippen LogP contribution < -0.4 is 5.32 Å². The van der Waals surface area contributed by atoms with Gasteiger partial charge in [0.15, 0.2) is 0 Å². The van der Waals surface area contributed by atoms with Crippen LogP contribution in [0.25, 0.3) is 22.3 Å². The number of nitrogens with one attached hydrogen (secondary N) is 1. The first kappa shape index (κ1) is 13.2. The van der Waals surface area contributed by atoms with E-state index >= 15 is 0 Å². The van der Waals surface area contributed by atoms with Crippen LogP contribution in [-0.2, 0) is 5.41 Å². The highest BCUT2D eigenvalue weighted by molar-refractivity contribution is 5.88. The number of fused-ring (bicyclic) bond motifs is 3. The summed E-state index contributed by atoms with van der Waals surface area (Å²) in [5.74, 6) is 0.571. The quantitative estimate of drug-likeness (QED) is 0.644. The lowest BCUT2D eigenvalue weighted by Crippen LogP contribution is -2.05. The molecule has 116 valence electrons. The minimum absolute atomic E-state index is 0.226. The molecule has 1 N–H and O–H groups in total. The highest BCUT2D eigenvalue weighted by Gasteiger charge is 2.46. The molecule has 0 amide bonds. The summed E-state index contributed by atoms with van der Waals surface area (Å²) in [5, 5.41) is 4.70. The largest absolute Gasteiger partial charge is 0.456 e. The molecular weight excluding hydrogens is 289 g/mol.